The number of carbonyl (C=O) groups excluding carboxylic acids is 1. The standard InChI is InChI=1S/C19H19ClN4OS/c1-13-2-6-15(7-3-13)18-22-23-19(26)24(18)12-17(25)21-11-10-14-4-8-16(20)9-5-14/h2-9H,10-12H2,1H3,(H,21,25)(H,23,26). The van der Waals surface area contributed by atoms with Gasteiger partial charge in [0.25, 0.3) is 0 Å². The third-order valence-electron chi connectivity index (χ3n) is 4.02. The first-order valence-corrected chi connectivity index (χ1v) is 9.05. The van der Waals surface area contributed by atoms with Crippen LogP contribution >= 0.6 is 23.8 Å². The van der Waals surface area contributed by atoms with Crippen LogP contribution in [0.3, 0.4) is 0 Å². The van der Waals surface area contributed by atoms with Crippen molar-refractivity contribution >= 4 is 29.7 Å². The maximum atomic E-state index is 12.3. The summed E-state index contributed by atoms with van der Waals surface area (Å²) in [6.07, 6.45) is 0.741. The predicted molar refractivity (Wildman–Crippen MR) is 106 cm³/mol. The molecule has 0 fully saturated rings. The van der Waals surface area contributed by atoms with Crippen LogP contribution in [0.25, 0.3) is 11.4 Å². The van der Waals surface area contributed by atoms with Gasteiger partial charge in [-0.1, -0.05) is 53.6 Å². The molecule has 5 nitrogen and oxygen atoms in total. The molecule has 0 saturated carbocycles. The number of hydrogen-bond acceptors (Lipinski definition) is 3. The molecule has 1 aromatic heterocycles. The highest BCUT2D eigenvalue weighted by Crippen LogP contribution is 2.17. The van der Waals surface area contributed by atoms with Crippen LogP contribution in [-0.2, 0) is 17.8 Å². The van der Waals surface area contributed by atoms with Gasteiger partial charge in [-0.3, -0.25) is 14.5 Å². The Bertz CT molecular complexity index is 945. The quantitative estimate of drug-likeness (QED) is 0.631. The molecule has 0 atom stereocenters. The minimum atomic E-state index is -0.107. The van der Waals surface area contributed by atoms with Gasteiger partial charge in [0.05, 0.1) is 0 Å². The van der Waals surface area contributed by atoms with Crippen molar-refractivity contribution in [2.75, 3.05) is 6.54 Å². The molecule has 0 aliphatic rings. The molecule has 26 heavy (non-hydrogen) atoms. The number of aryl methyl sites for hydroxylation is 1. The first-order chi connectivity index (χ1) is 12.5. The highest BCUT2D eigenvalue weighted by molar-refractivity contribution is 7.71. The number of aromatic amines is 1. The number of H-pyrrole nitrogens is 1. The molecule has 2 aromatic carbocycles. The summed E-state index contributed by atoms with van der Waals surface area (Å²) < 4.78 is 2.13. The first-order valence-electron chi connectivity index (χ1n) is 8.26. The molecule has 3 aromatic rings. The fraction of sp³-hybridized carbons (Fsp3) is 0.211. The number of benzene rings is 2. The molecule has 0 saturated heterocycles. The predicted octanol–water partition coefficient (Wildman–Crippen LogP) is 3.93. The van der Waals surface area contributed by atoms with Crippen LogP contribution in [0.5, 0.6) is 0 Å². The smallest absolute Gasteiger partial charge is 0.240 e. The molecule has 7 heteroatoms. The number of aromatic nitrogens is 3. The Morgan fingerprint density at radius 3 is 2.58 bits per heavy atom. The number of rotatable bonds is 6. The zero-order valence-corrected chi connectivity index (χ0v) is 15.9. The van der Waals surface area contributed by atoms with E-state index in [4.69, 9.17) is 23.8 Å². The number of hydrogen-bond donors (Lipinski definition) is 2. The Hall–Kier alpha value is -2.44. The molecule has 3 rings (SSSR count). The second-order valence-corrected chi connectivity index (χ2v) is 6.85. The summed E-state index contributed by atoms with van der Waals surface area (Å²) >= 11 is 11.1. The number of nitrogens with one attached hydrogen (secondary N) is 2. The lowest BCUT2D eigenvalue weighted by Gasteiger charge is -2.09. The topological polar surface area (TPSA) is 62.7 Å². The summed E-state index contributed by atoms with van der Waals surface area (Å²) in [7, 11) is 0. The van der Waals surface area contributed by atoms with Crippen LogP contribution in [0.15, 0.2) is 48.5 Å². The van der Waals surface area contributed by atoms with Gasteiger partial charge in [0.2, 0.25) is 5.91 Å². The summed E-state index contributed by atoms with van der Waals surface area (Å²) in [6, 6.07) is 15.5. The van der Waals surface area contributed by atoms with Crippen molar-refractivity contribution in [3.05, 3.63) is 69.5 Å². The van der Waals surface area contributed by atoms with Crippen molar-refractivity contribution in [1.82, 2.24) is 20.1 Å². The lowest BCUT2D eigenvalue weighted by Crippen LogP contribution is -2.29. The molecular formula is C19H19ClN4OS. The minimum Gasteiger partial charge on any atom is -0.354 e. The van der Waals surface area contributed by atoms with Gasteiger partial charge in [0, 0.05) is 17.1 Å². The lowest BCUT2D eigenvalue weighted by molar-refractivity contribution is -0.121. The minimum absolute atomic E-state index is 0.107. The third-order valence-corrected chi connectivity index (χ3v) is 4.58. The lowest BCUT2D eigenvalue weighted by atomic mass is 10.1. The molecule has 1 amide bonds. The summed E-state index contributed by atoms with van der Waals surface area (Å²) in [4.78, 5) is 12.3. The van der Waals surface area contributed by atoms with Crippen LogP contribution in [0, 0.1) is 11.7 Å². The molecule has 1 heterocycles. The SMILES string of the molecule is Cc1ccc(-c2n[nH]c(=S)n2CC(=O)NCCc2ccc(Cl)cc2)cc1. The van der Waals surface area contributed by atoms with Crippen LogP contribution in [0.2, 0.25) is 5.02 Å². The van der Waals surface area contributed by atoms with Crippen molar-refractivity contribution in [2.24, 2.45) is 0 Å². The summed E-state index contributed by atoms with van der Waals surface area (Å²) in [5.41, 5.74) is 3.20. The first kappa shape index (κ1) is 18.4. The summed E-state index contributed by atoms with van der Waals surface area (Å²) in [6.45, 7) is 2.69. The van der Waals surface area contributed by atoms with Crippen molar-refractivity contribution in [3.63, 3.8) is 0 Å². The molecule has 0 bridgehead atoms. The molecule has 0 radical (unpaired) electrons. The fourth-order valence-corrected chi connectivity index (χ4v) is 2.91. The molecular weight excluding hydrogens is 368 g/mol. The van der Waals surface area contributed by atoms with E-state index in [1.54, 1.807) is 4.57 Å². The van der Waals surface area contributed by atoms with Crippen molar-refractivity contribution < 1.29 is 4.79 Å². The van der Waals surface area contributed by atoms with E-state index in [0.717, 1.165) is 23.1 Å². The molecule has 0 aliphatic heterocycles. The Kier molecular flexibility index (Phi) is 5.85. The molecule has 0 unspecified atom stereocenters. The van der Waals surface area contributed by atoms with E-state index in [-0.39, 0.29) is 12.5 Å². The van der Waals surface area contributed by atoms with Gasteiger partial charge >= 0.3 is 0 Å². The Morgan fingerprint density at radius 2 is 1.88 bits per heavy atom. The largest absolute Gasteiger partial charge is 0.354 e. The number of halogens is 1. The number of amides is 1. The van der Waals surface area contributed by atoms with E-state index in [9.17, 15) is 4.79 Å². The van der Waals surface area contributed by atoms with Crippen LogP contribution in [0.4, 0.5) is 0 Å². The van der Waals surface area contributed by atoms with E-state index < -0.39 is 0 Å². The molecule has 134 valence electrons. The summed E-state index contributed by atoms with van der Waals surface area (Å²) in [5, 5.41) is 10.6. The molecule has 0 spiro atoms. The van der Waals surface area contributed by atoms with E-state index in [2.05, 4.69) is 15.5 Å². The van der Waals surface area contributed by atoms with Gasteiger partial charge in [-0.05, 0) is 43.3 Å². The third kappa shape index (κ3) is 4.59. The monoisotopic (exact) mass is 386 g/mol. The van der Waals surface area contributed by atoms with Gasteiger partial charge in [0.1, 0.15) is 6.54 Å². The normalized spacial score (nSPS) is 10.7. The average molecular weight is 387 g/mol. The van der Waals surface area contributed by atoms with Crippen LogP contribution in [-0.4, -0.2) is 27.2 Å². The average Bonchev–Trinajstić information content (AvgIpc) is 2.98. The number of carbonyl (C=O) groups is 1. The van der Waals surface area contributed by atoms with Crippen LogP contribution in [0.1, 0.15) is 11.1 Å². The van der Waals surface area contributed by atoms with E-state index in [0.29, 0.717) is 22.2 Å². The Morgan fingerprint density at radius 1 is 1.19 bits per heavy atom. The maximum absolute atomic E-state index is 12.3. The Labute approximate surface area is 162 Å². The van der Waals surface area contributed by atoms with Crippen molar-refractivity contribution in [2.45, 2.75) is 19.9 Å². The zero-order valence-electron chi connectivity index (χ0n) is 14.3. The molecule has 0 aliphatic carbocycles. The van der Waals surface area contributed by atoms with Gasteiger partial charge in [-0.25, -0.2) is 0 Å². The van der Waals surface area contributed by atoms with Crippen molar-refractivity contribution in [3.8, 4) is 11.4 Å². The summed E-state index contributed by atoms with van der Waals surface area (Å²) in [5.74, 6) is 0.549. The second-order valence-electron chi connectivity index (χ2n) is 6.03. The zero-order chi connectivity index (χ0) is 18.5. The molecule has 2 N–H and O–H groups in total. The van der Waals surface area contributed by atoms with Crippen molar-refractivity contribution in [1.29, 1.82) is 0 Å². The van der Waals surface area contributed by atoms with Gasteiger partial charge in [-0.15, -0.1) is 0 Å². The second kappa shape index (κ2) is 8.29. The fourth-order valence-electron chi connectivity index (χ4n) is 2.58. The highest BCUT2D eigenvalue weighted by atomic mass is 35.5. The highest BCUT2D eigenvalue weighted by Gasteiger charge is 2.12. The maximum Gasteiger partial charge on any atom is 0.240 e. The van der Waals surface area contributed by atoms with Gasteiger partial charge < -0.3 is 5.32 Å². The van der Waals surface area contributed by atoms with E-state index in [1.165, 1.54) is 0 Å². The van der Waals surface area contributed by atoms with E-state index >= 15 is 0 Å². The van der Waals surface area contributed by atoms with E-state index in [1.807, 2.05) is 55.5 Å². The Balaban J connectivity index is 1.62. The van der Waals surface area contributed by atoms with Crippen LogP contribution < -0.4 is 5.32 Å². The number of nitrogens with zero attached hydrogens (tertiary/aromatic N) is 2. The van der Waals surface area contributed by atoms with Gasteiger partial charge in [-0.2, -0.15) is 5.10 Å². The van der Waals surface area contributed by atoms with Gasteiger partial charge in [0.15, 0.2) is 10.6 Å².